The first-order valence-electron chi connectivity index (χ1n) is 18.3. The third kappa shape index (κ3) is 13.7. The molecule has 2 radical (unpaired) electrons. The number of halogens is 4. The minimum atomic E-state index is 0. The first kappa shape index (κ1) is 55.3. The number of benzene rings is 2. The smallest absolute Gasteiger partial charge is 0.0894 e. The van der Waals surface area contributed by atoms with Crippen molar-refractivity contribution in [2.75, 3.05) is 0 Å². The third-order valence-electron chi connectivity index (χ3n) is 9.21. The molecule has 0 aliphatic heterocycles. The molecule has 0 N–H and O–H groups in total. The van der Waals surface area contributed by atoms with Crippen molar-refractivity contribution in [3.05, 3.63) is 143 Å². The molecule has 6 rings (SSSR count). The first-order chi connectivity index (χ1) is 25.1. The average molecular weight is 1130 g/mol. The normalized spacial score (nSPS) is 10.8. The number of pyridine rings is 4. The van der Waals surface area contributed by atoms with Crippen LogP contribution >= 0.6 is 67.9 Å². The van der Waals surface area contributed by atoms with Crippen molar-refractivity contribution in [3.8, 4) is 33.9 Å². The van der Waals surface area contributed by atoms with Gasteiger partial charge in [0, 0.05) is 46.0 Å². The van der Waals surface area contributed by atoms with E-state index < -0.39 is 0 Å². The molecular weight excluding hydrogens is 1070 g/mol. The summed E-state index contributed by atoms with van der Waals surface area (Å²) < 4.78 is 0. The van der Waals surface area contributed by atoms with Crippen LogP contribution in [0.2, 0.25) is 0 Å². The minimum Gasteiger partial charge on any atom is -0.255 e. The zero-order valence-electron chi connectivity index (χ0n) is 33.8. The van der Waals surface area contributed by atoms with Crippen LogP contribution in [0.5, 0.6) is 0 Å². The van der Waals surface area contributed by atoms with E-state index in [1.807, 2.05) is 85.2 Å². The molecule has 6 aromatic rings. The van der Waals surface area contributed by atoms with Crippen LogP contribution in [0.15, 0.2) is 119 Å². The summed E-state index contributed by atoms with van der Waals surface area (Å²) in [5.41, 5.74) is 14.3. The molecule has 6 nitrogen and oxygen atoms in total. The molecule has 0 amide bonds. The number of aromatic nitrogens is 4. The fourth-order valence-electron chi connectivity index (χ4n) is 6.37. The van der Waals surface area contributed by atoms with Gasteiger partial charge in [-0.05, 0) is 130 Å². The van der Waals surface area contributed by atoms with Crippen LogP contribution in [0.4, 0.5) is 11.4 Å². The second-order valence-corrected chi connectivity index (χ2v) is 14.5. The summed E-state index contributed by atoms with van der Waals surface area (Å²) in [5.74, 6) is 1.07. The zero-order chi connectivity index (χ0) is 36.8. The quantitative estimate of drug-likeness (QED) is 0.121. The van der Waals surface area contributed by atoms with E-state index in [-0.39, 0.29) is 125 Å². The van der Waals surface area contributed by atoms with Gasteiger partial charge in [-0.25, -0.2) is 9.97 Å². The first-order valence-corrected chi connectivity index (χ1v) is 18.3. The molecule has 0 unspecified atom stereocenters. The monoisotopic (exact) mass is 1120 g/mol. The second-order valence-electron chi connectivity index (χ2n) is 14.5. The number of nitrogens with zero attached hydrogens (tertiary/aromatic N) is 6. The van der Waals surface area contributed by atoms with Gasteiger partial charge in [-0.1, -0.05) is 79.7 Å². The van der Waals surface area contributed by atoms with Crippen LogP contribution in [-0.2, 0) is 33.6 Å². The second kappa shape index (κ2) is 25.8. The topological polar surface area (TPSA) is 76.3 Å². The summed E-state index contributed by atoms with van der Waals surface area (Å²) in [4.78, 5) is 28.9. The predicted molar refractivity (Wildman–Crippen MR) is 259 cm³/mol. The van der Waals surface area contributed by atoms with Gasteiger partial charge in [0.05, 0.1) is 58.0 Å². The van der Waals surface area contributed by atoms with E-state index in [0.29, 0.717) is 0 Å². The van der Waals surface area contributed by atoms with Crippen molar-refractivity contribution in [1.29, 1.82) is 0 Å². The fraction of sp³-hybridized carbons (Fsp3) is 0.261. The molecule has 58 heavy (non-hydrogen) atoms. The Balaban J connectivity index is 0.00000541. The molecule has 0 aliphatic rings. The Hall–Kier alpha value is -2.69. The Labute approximate surface area is 407 Å². The van der Waals surface area contributed by atoms with E-state index in [1.165, 1.54) is 33.4 Å². The van der Waals surface area contributed by atoms with Crippen LogP contribution in [-0.4, -0.2) is 32.4 Å². The summed E-state index contributed by atoms with van der Waals surface area (Å²) in [6, 6.07) is 33.1. The van der Waals surface area contributed by atoms with E-state index in [0.717, 1.165) is 45.5 Å². The molecule has 0 bridgehead atoms. The molecule has 0 saturated carbocycles. The summed E-state index contributed by atoms with van der Waals surface area (Å²) >= 11 is 0. The summed E-state index contributed by atoms with van der Waals surface area (Å²) in [6.07, 6.45) is 7.36. The Kier molecular flexibility index (Phi) is 24.6. The molecule has 0 saturated heterocycles. The number of rotatable bonds is 11. The van der Waals surface area contributed by atoms with Crippen molar-refractivity contribution < 1.29 is 33.6 Å². The Morgan fingerprint density at radius 1 is 0.414 bits per heavy atom. The molecule has 0 atom stereocenters. The van der Waals surface area contributed by atoms with Crippen LogP contribution in [0.25, 0.3) is 33.9 Å². The van der Waals surface area contributed by atoms with Gasteiger partial charge in [0.1, 0.15) is 0 Å². The van der Waals surface area contributed by atoms with Crippen molar-refractivity contribution in [2.45, 2.75) is 79.1 Å². The maximum atomic E-state index is 5.14. The molecule has 4 aromatic heterocycles. The standard InChI is InChI=1S/C46H48N6.4BrH.2Co/c1-29(2)37-23-33(24-38(30(3)4)45(37)49-27-35-15-13-19-43(51-35)41-17-9-11-21-47-41)34-25-39(31(5)6)46(40(26-34)32(7)8)50-28-36-16-14-20-44(52-36)42-18-10-12-22-48-42;;;;;;/h9-32H,1-8H3;4*1H;;. The SMILES string of the molecule is Br.Br.Br.Br.CC(C)c1cc(-c2cc(C(C)C)c(N=Cc3cccc(-c4ccccn4)n3)c(C(C)C)c2)cc(C(C)C)c1N=Cc1cccc(-c2ccccn2)n1.[Co].[Co]. The van der Waals surface area contributed by atoms with Gasteiger partial charge in [0.2, 0.25) is 0 Å². The maximum Gasteiger partial charge on any atom is 0.0894 e. The Morgan fingerprint density at radius 3 is 1.00 bits per heavy atom. The molecule has 4 heterocycles. The van der Waals surface area contributed by atoms with Gasteiger partial charge in [-0.2, -0.15) is 0 Å². The average Bonchev–Trinajstić information content (AvgIpc) is 3.16. The van der Waals surface area contributed by atoms with Crippen molar-refractivity contribution in [1.82, 2.24) is 19.9 Å². The van der Waals surface area contributed by atoms with Gasteiger partial charge in [0.25, 0.3) is 0 Å². The van der Waals surface area contributed by atoms with Crippen LogP contribution < -0.4 is 0 Å². The molecule has 0 aliphatic carbocycles. The predicted octanol–water partition coefficient (Wildman–Crippen LogP) is 14.6. The van der Waals surface area contributed by atoms with E-state index in [4.69, 9.17) is 20.0 Å². The summed E-state index contributed by atoms with van der Waals surface area (Å²) in [5, 5.41) is 0. The minimum absolute atomic E-state index is 0. The van der Waals surface area contributed by atoms with Gasteiger partial charge in [-0.3, -0.25) is 20.0 Å². The van der Waals surface area contributed by atoms with Gasteiger partial charge >= 0.3 is 0 Å². The third-order valence-corrected chi connectivity index (χ3v) is 9.21. The van der Waals surface area contributed by atoms with Crippen LogP contribution in [0.3, 0.4) is 0 Å². The zero-order valence-corrected chi connectivity index (χ0v) is 42.8. The van der Waals surface area contributed by atoms with Gasteiger partial charge in [-0.15, -0.1) is 67.9 Å². The Bertz CT molecular complexity index is 2020. The molecule has 2 aromatic carbocycles. The maximum absolute atomic E-state index is 5.14. The molecular formula is C46H52Br4Co2N6. The number of hydrogen-bond acceptors (Lipinski definition) is 6. The van der Waals surface area contributed by atoms with Crippen LogP contribution in [0, 0.1) is 0 Å². The van der Waals surface area contributed by atoms with E-state index in [2.05, 4.69) is 89.6 Å². The van der Waals surface area contributed by atoms with Gasteiger partial charge in [0.15, 0.2) is 0 Å². The van der Waals surface area contributed by atoms with Crippen molar-refractivity contribution in [2.24, 2.45) is 9.98 Å². The summed E-state index contributed by atoms with van der Waals surface area (Å²) in [7, 11) is 0. The Morgan fingerprint density at radius 2 is 0.724 bits per heavy atom. The number of aliphatic imine (C=N–C) groups is 2. The van der Waals surface area contributed by atoms with Gasteiger partial charge < -0.3 is 0 Å². The fourth-order valence-corrected chi connectivity index (χ4v) is 6.37. The summed E-state index contributed by atoms with van der Waals surface area (Å²) in [6.45, 7) is 18.0. The molecule has 0 spiro atoms. The van der Waals surface area contributed by atoms with E-state index >= 15 is 0 Å². The molecule has 12 heteroatoms. The van der Waals surface area contributed by atoms with E-state index in [9.17, 15) is 0 Å². The van der Waals surface area contributed by atoms with Crippen LogP contribution in [0.1, 0.15) is 113 Å². The van der Waals surface area contributed by atoms with Crippen molar-refractivity contribution in [3.63, 3.8) is 0 Å². The molecule has 312 valence electrons. The molecule has 0 fully saturated rings. The van der Waals surface area contributed by atoms with Crippen molar-refractivity contribution >= 4 is 91.7 Å². The van der Waals surface area contributed by atoms with E-state index in [1.54, 1.807) is 12.4 Å². The largest absolute Gasteiger partial charge is 0.255 e. The number of hydrogen-bond donors (Lipinski definition) is 0.